The highest BCUT2D eigenvalue weighted by Crippen LogP contribution is 2.10. The molecule has 1 aromatic heterocycles. The van der Waals surface area contributed by atoms with Crippen molar-refractivity contribution in [1.82, 2.24) is 15.0 Å². The van der Waals surface area contributed by atoms with Crippen LogP contribution < -0.4 is 10.0 Å². The molecule has 1 atom stereocenters. The lowest BCUT2D eigenvalue weighted by Crippen LogP contribution is -2.32. The topological polar surface area (TPSA) is 83.2 Å². The molecule has 1 heterocycles. The van der Waals surface area contributed by atoms with E-state index in [1.165, 1.54) is 6.20 Å². The Bertz CT molecular complexity index is 456. The molecule has 0 radical (unpaired) electrons. The van der Waals surface area contributed by atoms with Crippen molar-refractivity contribution in [3.8, 4) is 0 Å². The van der Waals surface area contributed by atoms with E-state index in [0.29, 0.717) is 13.2 Å². The monoisotopic (exact) mass is 275 g/mol. The van der Waals surface area contributed by atoms with Gasteiger partial charge in [-0.2, -0.15) is 0 Å². The second kappa shape index (κ2) is 6.89. The molecule has 1 aromatic rings. The van der Waals surface area contributed by atoms with Gasteiger partial charge in [0.1, 0.15) is 0 Å². The third-order valence-corrected chi connectivity index (χ3v) is 3.81. The van der Waals surface area contributed by atoms with Crippen LogP contribution in [-0.2, 0) is 21.3 Å². The van der Waals surface area contributed by atoms with Gasteiger partial charge in [0.05, 0.1) is 11.0 Å². The second-order valence-electron chi connectivity index (χ2n) is 4.01. The van der Waals surface area contributed by atoms with Crippen LogP contribution in [-0.4, -0.2) is 39.7 Å². The van der Waals surface area contributed by atoms with Crippen LogP contribution in [0.1, 0.15) is 19.5 Å². The number of hydrogen-bond donors (Lipinski definition) is 3. The van der Waals surface area contributed by atoms with Crippen molar-refractivity contribution in [3.63, 3.8) is 0 Å². The molecule has 0 aromatic carbocycles. The zero-order chi connectivity index (χ0) is 13.6. The van der Waals surface area contributed by atoms with Gasteiger partial charge in [-0.3, -0.25) is 0 Å². The van der Waals surface area contributed by atoms with Crippen molar-refractivity contribution >= 4 is 10.0 Å². The Balaban J connectivity index is 2.62. The number of nitrogens with one attached hydrogen (secondary N) is 3. The maximum atomic E-state index is 12.0. The van der Waals surface area contributed by atoms with Crippen LogP contribution in [0.3, 0.4) is 0 Å². The van der Waals surface area contributed by atoms with Crippen LogP contribution in [0.5, 0.6) is 0 Å². The maximum absolute atomic E-state index is 12.0. The van der Waals surface area contributed by atoms with E-state index in [1.54, 1.807) is 13.1 Å². The van der Waals surface area contributed by atoms with Gasteiger partial charge >= 0.3 is 0 Å². The Labute approximate surface area is 108 Å². The number of ether oxygens (including phenoxy) is 1. The Morgan fingerprint density at radius 3 is 2.83 bits per heavy atom. The molecule has 0 fully saturated rings. The van der Waals surface area contributed by atoms with Gasteiger partial charge in [0.25, 0.3) is 0 Å². The minimum Gasteiger partial charge on any atom is -0.377 e. The molecular weight excluding hydrogens is 254 g/mol. The highest BCUT2D eigenvalue weighted by molar-refractivity contribution is 7.89. The molecule has 6 nitrogen and oxygen atoms in total. The maximum Gasteiger partial charge on any atom is 0.242 e. The van der Waals surface area contributed by atoms with Gasteiger partial charge in [-0.15, -0.1) is 0 Å². The van der Waals surface area contributed by atoms with Crippen molar-refractivity contribution in [3.05, 3.63) is 18.0 Å². The van der Waals surface area contributed by atoms with Crippen molar-refractivity contribution in [1.29, 1.82) is 0 Å². The molecule has 104 valence electrons. The highest BCUT2D eigenvalue weighted by Gasteiger charge is 2.16. The number of sulfonamides is 1. The van der Waals surface area contributed by atoms with Crippen LogP contribution in [0.2, 0.25) is 0 Å². The fraction of sp³-hybridized carbons (Fsp3) is 0.636. The summed E-state index contributed by atoms with van der Waals surface area (Å²) in [5, 5.41) is 2.95. The zero-order valence-electron chi connectivity index (χ0n) is 11.0. The van der Waals surface area contributed by atoms with Crippen LogP contribution in [0, 0.1) is 0 Å². The van der Waals surface area contributed by atoms with E-state index in [2.05, 4.69) is 15.0 Å². The zero-order valence-corrected chi connectivity index (χ0v) is 11.8. The van der Waals surface area contributed by atoms with Crippen LogP contribution >= 0.6 is 0 Å². The lowest BCUT2D eigenvalue weighted by atomic mass is 10.4. The summed E-state index contributed by atoms with van der Waals surface area (Å²) < 4.78 is 31.7. The minimum atomic E-state index is -3.46. The van der Waals surface area contributed by atoms with Gasteiger partial charge in [0, 0.05) is 31.6 Å². The van der Waals surface area contributed by atoms with E-state index >= 15 is 0 Å². The SMILES string of the molecule is CCOC(C)CNS(=O)(=O)c1c[nH]c(CNC)c1. The standard InChI is InChI=1S/C11H21N3O3S/c1-4-17-9(2)6-14-18(15,16)11-5-10(7-12-3)13-8-11/h5,8-9,12-14H,4,6-7H2,1-3H3. The van der Waals surface area contributed by atoms with Crippen LogP contribution in [0.15, 0.2) is 17.2 Å². The van der Waals surface area contributed by atoms with Gasteiger partial charge in [-0.25, -0.2) is 13.1 Å². The van der Waals surface area contributed by atoms with Gasteiger partial charge in [-0.1, -0.05) is 0 Å². The third kappa shape index (κ3) is 4.41. The summed E-state index contributed by atoms with van der Waals surface area (Å²) in [6.07, 6.45) is 1.35. The lowest BCUT2D eigenvalue weighted by Gasteiger charge is -2.12. The number of aromatic nitrogens is 1. The quantitative estimate of drug-likeness (QED) is 0.643. The summed E-state index contributed by atoms with van der Waals surface area (Å²) in [5.74, 6) is 0. The number of hydrogen-bond acceptors (Lipinski definition) is 4. The molecule has 1 rings (SSSR count). The van der Waals surface area contributed by atoms with Gasteiger partial charge in [0.15, 0.2) is 0 Å². The predicted octanol–water partition coefficient (Wildman–Crippen LogP) is 0.437. The van der Waals surface area contributed by atoms with Gasteiger partial charge in [0.2, 0.25) is 10.0 Å². The average molecular weight is 275 g/mol. The first-order valence-corrected chi connectivity index (χ1v) is 7.41. The molecule has 3 N–H and O–H groups in total. The fourth-order valence-electron chi connectivity index (χ4n) is 1.52. The molecular formula is C11H21N3O3S. The molecule has 0 bridgehead atoms. The highest BCUT2D eigenvalue weighted by atomic mass is 32.2. The first-order valence-electron chi connectivity index (χ1n) is 5.92. The molecule has 0 aliphatic carbocycles. The Morgan fingerprint density at radius 1 is 1.50 bits per heavy atom. The molecule has 0 saturated carbocycles. The van der Waals surface area contributed by atoms with Crippen molar-refractivity contribution in [2.45, 2.75) is 31.4 Å². The molecule has 0 amide bonds. The summed E-state index contributed by atoms with van der Waals surface area (Å²) >= 11 is 0. The molecule has 0 saturated heterocycles. The summed E-state index contributed by atoms with van der Waals surface area (Å²) in [5.41, 5.74) is 0.829. The second-order valence-corrected chi connectivity index (χ2v) is 5.78. The van der Waals surface area contributed by atoms with Crippen LogP contribution in [0.4, 0.5) is 0 Å². The average Bonchev–Trinajstić information content (AvgIpc) is 2.77. The normalized spacial score (nSPS) is 13.7. The first-order chi connectivity index (χ1) is 8.49. The van der Waals surface area contributed by atoms with E-state index < -0.39 is 10.0 Å². The predicted molar refractivity (Wildman–Crippen MR) is 69.8 cm³/mol. The smallest absolute Gasteiger partial charge is 0.242 e. The number of H-pyrrole nitrogens is 1. The summed E-state index contributed by atoms with van der Waals surface area (Å²) in [4.78, 5) is 3.16. The fourth-order valence-corrected chi connectivity index (χ4v) is 2.65. The number of aromatic amines is 1. The molecule has 18 heavy (non-hydrogen) atoms. The van der Waals surface area contributed by atoms with Gasteiger partial charge in [-0.05, 0) is 27.0 Å². The van der Waals surface area contributed by atoms with Crippen molar-refractivity contribution < 1.29 is 13.2 Å². The van der Waals surface area contributed by atoms with Crippen molar-refractivity contribution in [2.75, 3.05) is 20.2 Å². The van der Waals surface area contributed by atoms with Crippen LogP contribution in [0.25, 0.3) is 0 Å². The van der Waals surface area contributed by atoms with E-state index in [0.717, 1.165) is 5.69 Å². The van der Waals surface area contributed by atoms with E-state index in [9.17, 15) is 8.42 Å². The molecule has 0 spiro atoms. The lowest BCUT2D eigenvalue weighted by molar-refractivity contribution is 0.0799. The van der Waals surface area contributed by atoms with E-state index in [4.69, 9.17) is 4.74 Å². The molecule has 0 aliphatic heterocycles. The molecule has 0 aliphatic rings. The molecule has 7 heteroatoms. The first kappa shape index (κ1) is 15.2. The molecule has 1 unspecified atom stereocenters. The largest absolute Gasteiger partial charge is 0.377 e. The minimum absolute atomic E-state index is 0.138. The third-order valence-electron chi connectivity index (χ3n) is 2.41. The van der Waals surface area contributed by atoms with Crippen molar-refractivity contribution in [2.24, 2.45) is 0 Å². The van der Waals surface area contributed by atoms with Gasteiger partial charge < -0.3 is 15.0 Å². The summed E-state index contributed by atoms with van der Waals surface area (Å²) in [6, 6.07) is 1.62. The summed E-state index contributed by atoms with van der Waals surface area (Å²) in [6.45, 7) is 5.14. The Kier molecular flexibility index (Phi) is 5.80. The Morgan fingerprint density at radius 2 is 2.22 bits per heavy atom. The Hall–Kier alpha value is -0.890. The van der Waals surface area contributed by atoms with E-state index in [1.807, 2.05) is 13.8 Å². The van der Waals surface area contributed by atoms with E-state index in [-0.39, 0.29) is 17.5 Å². The number of rotatable bonds is 8. The summed E-state index contributed by atoms with van der Waals surface area (Å²) in [7, 11) is -1.66.